The number of benzene rings is 3. The van der Waals surface area contributed by atoms with Crippen molar-refractivity contribution in [2.45, 2.75) is 19.9 Å². The van der Waals surface area contributed by atoms with E-state index in [1.54, 1.807) is 0 Å². The number of ether oxygens (including phenoxy) is 2. The molecule has 4 nitrogen and oxygen atoms in total. The zero-order valence-corrected chi connectivity index (χ0v) is 17.0. The third-order valence-corrected chi connectivity index (χ3v) is 5.07. The fourth-order valence-corrected chi connectivity index (χ4v) is 3.46. The van der Waals surface area contributed by atoms with Crippen LogP contribution in [0.15, 0.2) is 65.1 Å². The van der Waals surface area contributed by atoms with E-state index in [0.717, 1.165) is 26.6 Å². The van der Waals surface area contributed by atoms with Gasteiger partial charge in [0.25, 0.3) is 5.91 Å². The molecule has 5 heteroatoms. The van der Waals surface area contributed by atoms with Crippen LogP contribution >= 0.6 is 15.9 Å². The van der Waals surface area contributed by atoms with Crippen molar-refractivity contribution in [3.8, 4) is 11.5 Å². The Kier molecular flexibility index (Phi) is 6.35. The van der Waals surface area contributed by atoms with Gasteiger partial charge in [0.15, 0.2) is 6.61 Å². The van der Waals surface area contributed by atoms with Gasteiger partial charge < -0.3 is 14.8 Å². The lowest BCUT2D eigenvalue weighted by molar-refractivity contribution is -0.123. The second-order valence-electron chi connectivity index (χ2n) is 6.18. The Labute approximate surface area is 167 Å². The van der Waals surface area contributed by atoms with Gasteiger partial charge in [-0.15, -0.1) is 0 Å². The number of halogens is 1. The summed E-state index contributed by atoms with van der Waals surface area (Å²) in [5, 5.41) is 5.12. The highest BCUT2D eigenvalue weighted by molar-refractivity contribution is 9.10. The Balaban J connectivity index is 1.58. The monoisotopic (exact) mass is 427 g/mol. The molecule has 0 fully saturated rings. The number of fused-ring (bicyclic) bond motifs is 1. The molecule has 3 aromatic rings. The summed E-state index contributed by atoms with van der Waals surface area (Å²) in [5.74, 6) is 1.30. The highest BCUT2D eigenvalue weighted by atomic mass is 79.9. The number of carbonyl (C=O) groups excluding carboxylic acids is 1. The second kappa shape index (κ2) is 8.91. The van der Waals surface area contributed by atoms with Crippen LogP contribution in [0.1, 0.15) is 25.5 Å². The Morgan fingerprint density at radius 3 is 2.52 bits per heavy atom. The summed E-state index contributed by atoms with van der Waals surface area (Å²) >= 11 is 3.57. The summed E-state index contributed by atoms with van der Waals surface area (Å²) in [4.78, 5) is 12.3. The molecule has 0 aliphatic rings. The Hall–Kier alpha value is -2.53. The SMILES string of the molecule is CCOc1ccc([C@H](C)NC(=O)COc2ccc3ccccc3c2Br)cc1. The first-order valence-corrected chi connectivity index (χ1v) is 9.70. The molecule has 0 aromatic heterocycles. The van der Waals surface area contributed by atoms with E-state index in [4.69, 9.17) is 9.47 Å². The largest absolute Gasteiger partial charge is 0.494 e. The van der Waals surface area contributed by atoms with E-state index in [2.05, 4.69) is 21.2 Å². The molecular weight excluding hydrogens is 406 g/mol. The number of amides is 1. The minimum atomic E-state index is -0.170. The summed E-state index contributed by atoms with van der Waals surface area (Å²) in [6.07, 6.45) is 0. The number of rotatable bonds is 7. The molecular formula is C22H22BrNO3. The highest BCUT2D eigenvalue weighted by Crippen LogP contribution is 2.33. The summed E-state index contributed by atoms with van der Waals surface area (Å²) in [6, 6.07) is 19.5. The fraction of sp³-hybridized carbons (Fsp3) is 0.227. The second-order valence-corrected chi connectivity index (χ2v) is 6.97. The maximum Gasteiger partial charge on any atom is 0.258 e. The average Bonchev–Trinajstić information content (AvgIpc) is 2.68. The van der Waals surface area contributed by atoms with Gasteiger partial charge >= 0.3 is 0 Å². The van der Waals surface area contributed by atoms with Crippen LogP contribution < -0.4 is 14.8 Å². The number of hydrogen-bond donors (Lipinski definition) is 1. The van der Waals surface area contributed by atoms with E-state index >= 15 is 0 Å². The Morgan fingerprint density at radius 1 is 1.04 bits per heavy atom. The molecule has 0 aliphatic carbocycles. The van der Waals surface area contributed by atoms with Crippen LogP contribution in [0, 0.1) is 0 Å². The standard InChI is InChI=1S/C22H22BrNO3/c1-3-26-18-11-8-16(9-12-18)15(2)24-21(25)14-27-20-13-10-17-6-4-5-7-19(17)22(20)23/h4-13,15H,3,14H2,1-2H3,(H,24,25)/t15-/m0/s1. The van der Waals surface area contributed by atoms with Crippen LogP contribution in [0.5, 0.6) is 11.5 Å². The van der Waals surface area contributed by atoms with Crippen molar-refractivity contribution < 1.29 is 14.3 Å². The fourth-order valence-electron chi connectivity index (χ4n) is 2.85. The quantitative estimate of drug-likeness (QED) is 0.559. The molecule has 1 amide bonds. The van der Waals surface area contributed by atoms with Crippen LogP contribution in [0.2, 0.25) is 0 Å². The van der Waals surface area contributed by atoms with Gasteiger partial charge in [-0.2, -0.15) is 0 Å². The van der Waals surface area contributed by atoms with Gasteiger partial charge in [0, 0.05) is 0 Å². The van der Waals surface area contributed by atoms with Gasteiger partial charge in [-0.1, -0.05) is 42.5 Å². The molecule has 0 spiro atoms. The van der Waals surface area contributed by atoms with Crippen molar-refractivity contribution >= 4 is 32.6 Å². The molecule has 27 heavy (non-hydrogen) atoms. The topological polar surface area (TPSA) is 47.6 Å². The maximum absolute atomic E-state index is 12.3. The predicted molar refractivity (Wildman–Crippen MR) is 111 cm³/mol. The van der Waals surface area contributed by atoms with Gasteiger partial charge in [-0.3, -0.25) is 4.79 Å². The lowest BCUT2D eigenvalue weighted by Gasteiger charge is -2.16. The van der Waals surface area contributed by atoms with Crippen LogP contribution in [0.4, 0.5) is 0 Å². The average molecular weight is 428 g/mol. The minimum Gasteiger partial charge on any atom is -0.494 e. The molecule has 0 unspecified atom stereocenters. The van der Waals surface area contributed by atoms with Crippen molar-refractivity contribution in [3.63, 3.8) is 0 Å². The van der Waals surface area contributed by atoms with Crippen LogP contribution in [0.25, 0.3) is 10.8 Å². The van der Waals surface area contributed by atoms with Crippen molar-refractivity contribution in [1.82, 2.24) is 5.32 Å². The molecule has 3 aromatic carbocycles. The molecule has 0 radical (unpaired) electrons. The maximum atomic E-state index is 12.3. The third kappa shape index (κ3) is 4.80. The van der Waals surface area contributed by atoms with Crippen LogP contribution in [-0.2, 0) is 4.79 Å². The molecule has 1 N–H and O–H groups in total. The summed E-state index contributed by atoms with van der Waals surface area (Å²) in [5.41, 5.74) is 1.01. The normalized spacial score (nSPS) is 11.8. The molecule has 3 rings (SSSR count). The number of hydrogen-bond acceptors (Lipinski definition) is 3. The third-order valence-electron chi connectivity index (χ3n) is 4.26. The molecule has 0 saturated carbocycles. The Morgan fingerprint density at radius 2 is 1.78 bits per heavy atom. The zero-order chi connectivity index (χ0) is 19.2. The van der Waals surface area contributed by atoms with Crippen molar-refractivity contribution in [2.75, 3.05) is 13.2 Å². The molecule has 0 bridgehead atoms. The van der Waals surface area contributed by atoms with E-state index in [-0.39, 0.29) is 18.6 Å². The van der Waals surface area contributed by atoms with Gasteiger partial charge in [-0.25, -0.2) is 0 Å². The van der Waals surface area contributed by atoms with E-state index < -0.39 is 0 Å². The van der Waals surface area contributed by atoms with Crippen LogP contribution in [0.3, 0.4) is 0 Å². The van der Waals surface area contributed by atoms with Gasteiger partial charge in [-0.05, 0) is 64.3 Å². The van der Waals surface area contributed by atoms with Crippen LogP contribution in [-0.4, -0.2) is 19.1 Å². The molecule has 0 aliphatic heterocycles. The lowest BCUT2D eigenvalue weighted by atomic mass is 10.1. The van der Waals surface area contributed by atoms with Gasteiger partial charge in [0.2, 0.25) is 0 Å². The summed E-state index contributed by atoms with van der Waals surface area (Å²) in [7, 11) is 0. The summed E-state index contributed by atoms with van der Waals surface area (Å²) in [6.45, 7) is 4.48. The molecule has 0 saturated heterocycles. The Bertz CT molecular complexity index is 924. The van der Waals surface area contributed by atoms with Crippen molar-refractivity contribution in [3.05, 3.63) is 70.7 Å². The highest BCUT2D eigenvalue weighted by Gasteiger charge is 2.12. The van der Waals surface area contributed by atoms with Gasteiger partial charge in [0.1, 0.15) is 11.5 Å². The predicted octanol–water partition coefficient (Wildman–Crippen LogP) is 5.26. The molecule has 0 heterocycles. The first kappa shape index (κ1) is 19.2. The number of carbonyl (C=O) groups is 1. The lowest BCUT2D eigenvalue weighted by Crippen LogP contribution is -2.31. The molecule has 140 valence electrons. The van der Waals surface area contributed by atoms with Crippen molar-refractivity contribution in [1.29, 1.82) is 0 Å². The van der Waals surface area contributed by atoms with E-state index in [9.17, 15) is 4.79 Å². The smallest absolute Gasteiger partial charge is 0.258 e. The van der Waals surface area contributed by atoms with Gasteiger partial charge in [0.05, 0.1) is 17.1 Å². The van der Waals surface area contributed by atoms with E-state index in [1.165, 1.54) is 0 Å². The minimum absolute atomic E-state index is 0.0433. The van der Waals surface area contributed by atoms with E-state index in [0.29, 0.717) is 12.4 Å². The first-order chi connectivity index (χ1) is 13.1. The van der Waals surface area contributed by atoms with Crippen molar-refractivity contribution in [2.24, 2.45) is 0 Å². The summed E-state index contributed by atoms with van der Waals surface area (Å²) < 4.78 is 12.0. The first-order valence-electron chi connectivity index (χ1n) is 8.90. The van der Waals surface area contributed by atoms with E-state index in [1.807, 2.05) is 74.5 Å². The zero-order valence-electron chi connectivity index (χ0n) is 15.4. The number of nitrogens with one attached hydrogen (secondary N) is 1. The molecule has 1 atom stereocenters.